The molecule has 0 aliphatic rings. The van der Waals surface area contributed by atoms with Gasteiger partial charge in [0.05, 0.1) is 60.6 Å². The number of hydrogen-bond donors (Lipinski definition) is 0. The number of azo groups is 3. The first kappa shape index (κ1) is 37.8. The molecule has 51 heavy (non-hydrogen) atoms. The number of ether oxygens (including phenoxy) is 4. The Morgan fingerprint density at radius 1 is 0.569 bits per heavy atom. The van der Waals surface area contributed by atoms with Crippen LogP contribution in [0.4, 0.5) is 34.1 Å². The number of rotatable bonds is 20. The van der Waals surface area contributed by atoms with E-state index in [1.807, 2.05) is 97.9 Å². The van der Waals surface area contributed by atoms with Crippen molar-refractivity contribution >= 4 is 46.1 Å². The highest BCUT2D eigenvalue weighted by Crippen LogP contribution is 2.29. The molecular formula is C39H42N6O6. The van der Waals surface area contributed by atoms with Crippen LogP contribution < -0.4 is 9.47 Å². The molecule has 0 radical (unpaired) electrons. The number of carbonyl (C=O) groups is 2. The van der Waals surface area contributed by atoms with Gasteiger partial charge in [0.2, 0.25) is 0 Å². The maximum atomic E-state index is 11.2. The fraction of sp³-hybridized carbons (Fsp3) is 0.282. The quantitative estimate of drug-likeness (QED) is 0.0390. The molecule has 0 saturated heterocycles. The van der Waals surface area contributed by atoms with Crippen molar-refractivity contribution in [3.8, 4) is 11.5 Å². The number of benzene rings is 4. The van der Waals surface area contributed by atoms with E-state index in [0.29, 0.717) is 67.7 Å². The molecule has 12 nitrogen and oxygen atoms in total. The van der Waals surface area contributed by atoms with Crippen LogP contribution >= 0.6 is 0 Å². The highest BCUT2D eigenvalue weighted by molar-refractivity contribution is 5.81. The largest absolute Gasteiger partial charge is 0.494 e. The molecule has 0 aliphatic carbocycles. The Balaban J connectivity index is 1.19. The summed E-state index contributed by atoms with van der Waals surface area (Å²) in [5.74, 6) is 0.878. The van der Waals surface area contributed by atoms with E-state index in [-0.39, 0.29) is 5.97 Å². The van der Waals surface area contributed by atoms with Crippen LogP contribution in [0.1, 0.15) is 44.6 Å². The predicted octanol–water partition coefficient (Wildman–Crippen LogP) is 11.2. The van der Waals surface area contributed by atoms with Crippen LogP contribution in [-0.2, 0) is 19.1 Å². The van der Waals surface area contributed by atoms with Gasteiger partial charge >= 0.3 is 11.9 Å². The molecule has 0 aromatic heterocycles. The van der Waals surface area contributed by atoms with Crippen LogP contribution in [0, 0.1) is 6.92 Å². The van der Waals surface area contributed by atoms with Gasteiger partial charge in [-0.25, -0.2) is 4.79 Å². The van der Waals surface area contributed by atoms with E-state index in [9.17, 15) is 9.59 Å². The average molecular weight is 691 g/mol. The first-order valence-corrected chi connectivity index (χ1v) is 16.8. The highest BCUT2D eigenvalue weighted by atomic mass is 16.5. The second-order valence-electron chi connectivity index (χ2n) is 11.1. The maximum Gasteiger partial charge on any atom is 0.330 e. The summed E-state index contributed by atoms with van der Waals surface area (Å²) in [6.45, 7) is 8.92. The van der Waals surface area contributed by atoms with Crippen LogP contribution in [0.3, 0.4) is 0 Å². The van der Waals surface area contributed by atoms with Gasteiger partial charge in [-0.3, -0.25) is 4.79 Å². The summed E-state index contributed by atoms with van der Waals surface area (Å²) in [7, 11) is 0. The lowest BCUT2D eigenvalue weighted by Gasteiger charge is -2.06. The summed E-state index contributed by atoms with van der Waals surface area (Å²) in [5, 5.41) is 26.0. The lowest BCUT2D eigenvalue weighted by molar-refractivity contribution is -0.143. The van der Waals surface area contributed by atoms with Crippen LogP contribution in [0.2, 0.25) is 0 Å². The Bertz CT molecular complexity index is 1790. The van der Waals surface area contributed by atoms with Crippen molar-refractivity contribution in [2.24, 2.45) is 30.7 Å². The number of nitrogens with zero attached hydrogens (tertiary/aromatic N) is 6. The second kappa shape index (κ2) is 21.1. The molecule has 0 amide bonds. The minimum atomic E-state index is -0.415. The van der Waals surface area contributed by atoms with E-state index < -0.39 is 5.97 Å². The van der Waals surface area contributed by atoms with E-state index in [1.165, 1.54) is 0 Å². The van der Waals surface area contributed by atoms with Gasteiger partial charge in [0.25, 0.3) is 0 Å². The predicted molar refractivity (Wildman–Crippen MR) is 195 cm³/mol. The zero-order valence-corrected chi connectivity index (χ0v) is 28.9. The lowest BCUT2D eigenvalue weighted by Crippen LogP contribution is -2.05. The van der Waals surface area contributed by atoms with Gasteiger partial charge in [0.1, 0.15) is 11.5 Å². The van der Waals surface area contributed by atoms with E-state index in [0.717, 1.165) is 48.1 Å². The van der Waals surface area contributed by atoms with Gasteiger partial charge in [0, 0.05) is 12.5 Å². The first-order valence-electron chi connectivity index (χ1n) is 16.8. The third-order valence-corrected chi connectivity index (χ3v) is 7.12. The van der Waals surface area contributed by atoms with E-state index in [1.54, 1.807) is 6.92 Å². The normalized spacial score (nSPS) is 11.3. The van der Waals surface area contributed by atoms with Crippen LogP contribution in [0.15, 0.2) is 134 Å². The molecule has 4 rings (SSSR count). The molecule has 4 aromatic rings. The monoisotopic (exact) mass is 690 g/mol. The third kappa shape index (κ3) is 14.1. The van der Waals surface area contributed by atoms with Gasteiger partial charge in [-0.15, -0.1) is 0 Å². The molecule has 12 heteroatoms. The summed E-state index contributed by atoms with van der Waals surface area (Å²) < 4.78 is 21.5. The summed E-state index contributed by atoms with van der Waals surface area (Å²) in [6, 6.07) is 27.6. The lowest BCUT2D eigenvalue weighted by atomic mass is 10.2. The number of hydrogen-bond acceptors (Lipinski definition) is 12. The SMILES string of the molecule is C=CC(=O)OCCCCOc1ccc(N=Nc2ccc(N=Nc3ccc(N=Nc4ccc(OCCCCOC(=O)CC)cc4)cc3)c(C)c2)cc1. The van der Waals surface area contributed by atoms with Crippen molar-refractivity contribution in [2.45, 2.75) is 46.0 Å². The van der Waals surface area contributed by atoms with Crippen molar-refractivity contribution < 1.29 is 28.5 Å². The molecule has 0 bridgehead atoms. The van der Waals surface area contributed by atoms with Crippen molar-refractivity contribution in [2.75, 3.05) is 26.4 Å². The molecule has 264 valence electrons. The molecular weight excluding hydrogens is 648 g/mol. The second-order valence-corrected chi connectivity index (χ2v) is 11.1. The van der Waals surface area contributed by atoms with E-state index in [4.69, 9.17) is 18.9 Å². The highest BCUT2D eigenvalue weighted by Gasteiger charge is 2.02. The molecule has 0 atom stereocenters. The molecule has 0 N–H and O–H groups in total. The van der Waals surface area contributed by atoms with Crippen LogP contribution in [0.5, 0.6) is 11.5 Å². The fourth-order valence-electron chi connectivity index (χ4n) is 4.27. The zero-order chi connectivity index (χ0) is 36.1. The van der Waals surface area contributed by atoms with Crippen LogP contribution in [0.25, 0.3) is 0 Å². The summed E-state index contributed by atoms with van der Waals surface area (Å²) in [6.07, 6.45) is 4.58. The molecule has 4 aromatic carbocycles. The minimum absolute atomic E-state index is 0.180. The topological polar surface area (TPSA) is 145 Å². The number of unbranched alkanes of at least 4 members (excludes halogenated alkanes) is 2. The molecule has 0 fully saturated rings. The smallest absolute Gasteiger partial charge is 0.330 e. The van der Waals surface area contributed by atoms with Crippen molar-refractivity contribution in [3.05, 3.63) is 109 Å². The number of esters is 2. The standard InChI is InChI=1S/C39H42N6O6/c1-4-38(46)50-26-8-6-24-48-35-19-14-32(15-20-35)41-40-30-10-12-31(13-11-30)43-45-37-23-18-34(28-29(37)3)44-42-33-16-21-36(22-17-33)49-25-7-9-27-51-39(47)5-2/h5,10-23,28H,2,4,6-9,24-27H2,1,3H3. The Kier molecular flexibility index (Phi) is 15.7. The summed E-state index contributed by atoms with van der Waals surface area (Å²) in [4.78, 5) is 22.2. The van der Waals surface area contributed by atoms with Gasteiger partial charge in [0.15, 0.2) is 0 Å². The van der Waals surface area contributed by atoms with E-state index in [2.05, 4.69) is 37.3 Å². The molecule has 0 saturated carbocycles. The fourth-order valence-corrected chi connectivity index (χ4v) is 4.27. The van der Waals surface area contributed by atoms with Gasteiger partial charge < -0.3 is 18.9 Å². The molecule has 0 unspecified atom stereocenters. The van der Waals surface area contributed by atoms with Gasteiger partial charge in [-0.2, -0.15) is 30.7 Å². The summed E-state index contributed by atoms with van der Waals surface area (Å²) in [5.41, 5.74) is 5.11. The Morgan fingerprint density at radius 2 is 0.980 bits per heavy atom. The molecule has 0 aliphatic heterocycles. The Hall–Kier alpha value is -6.04. The Morgan fingerprint density at radius 3 is 1.45 bits per heavy atom. The first-order chi connectivity index (χ1) is 24.9. The van der Waals surface area contributed by atoms with E-state index >= 15 is 0 Å². The number of aryl methyl sites for hydroxylation is 1. The van der Waals surface area contributed by atoms with Crippen molar-refractivity contribution in [1.82, 2.24) is 0 Å². The van der Waals surface area contributed by atoms with Crippen molar-refractivity contribution in [1.29, 1.82) is 0 Å². The molecule has 0 spiro atoms. The zero-order valence-electron chi connectivity index (χ0n) is 28.9. The van der Waals surface area contributed by atoms with Gasteiger partial charge in [-0.05, 0) is 129 Å². The van der Waals surface area contributed by atoms with Crippen molar-refractivity contribution in [3.63, 3.8) is 0 Å². The number of carbonyl (C=O) groups excluding carboxylic acids is 2. The Labute approximate surface area is 298 Å². The third-order valence-electron chi connectivity index (χ3n) is 7.12. The molecule has 0 heterocycles. The average Bonchev–Trinajstić information content (AvgIpc) is 3.16. The van der Waals surface area contributed by atoms with Gasteiger partial charge in [-0.1, -0.05) is 13.5 Å². The van der Waals surface area contributed by atoms with Crippen LogP contribution in [-0.4, -0.2) is 38.4 Å². The minimum Gasteiger partial charge on any atom is -0.494 e. The summed E-state index contributed by atoms with van der Waals surface area (Å²) >= 11 is 0. The maximum absolute atomic E-state index is 11.2.